The van der Waals surface area contributed by atoms with E-state index in [-0.39, 0.29) is 0 Å². The van der Waals surface area contributed by atoms with Gasteiger partial charge in [0.2, 0.25) is 0 Å². The minimum Gasteiger partial charge on any atom is -0.456 e. The molecule has 4 heterocycles. The van der Waals surface area contributed by atoms with Crippen LogP contribution in [0, 0.1) is 0 Å². The van der Waals surface area contributed by atoms with Gasteiger partial charge in [-0.25, -0.2) is 4.98 Å². The largest absolute Gasteiger partial charge is 0.456 e. The van der Waals surface area contributed by atoms with Crippen LogP contribution >= 0.6 is 11.3 Å². The van der Waals surface area contributed by atoms with Gasteiger partial charge in [-0.2, -0.15) is 0 Å². The Morgan fingerprint density at radius 3 is 2.17 bits per heavy atom. The summed E-state index contributed by atoms with van der Waals surface area (Å²) in [5, 5.41) is 7.80. The lowest BCUT2D eigenvalue weighted by Gasteiger charge is -2.02. The molecule has 168 valence electrons. The summed E-state index contributed by atoms with van der Waals surface area (Å²) >= 11 is 1.71. The molecule has 5 aromatic carbocycles. The van der Waals surface area contributed by atoms with Gasteiger partial charge in [0.25, 0.3) is 0 Å². The van der Waals surface area contributed by atoms with Crippen LogP contribution in [0.3, 0.4) is 0 Å². The number of nitrogens with zero attached hydrogens (tertiary/aromatic N) is 2. The molecule has 9 aromatic rings. The molecule has 5 heteroatoms. The third kappa shape index (κ3) is 2.30. The number of thiazole rings is 1. The zero-order chi connectivity index (χ0) is 23.4. The lowest BCUT2D eigenvalue weighted by Crippen LogP contribution is -1.92. The standard InChI is InChI=1S/C31H16N2O2S/c1-4-10-23-17(7-1)20-16-28-21(18-8-2-5-11-25(18)35-28)15-24(20)33(23)31-32-22-13-14-27-29(30(22)36-31)19-9-3-6-12-26(19)34-27/h1-16H. The molecule has 0 radical (unpaired) electrons. The Morgan fingerprint density at radius 2 is 1.28 bits per heavy atom. The molecule has 4 nitrogen and oxygen atoms in total. The van der Waals surface area contributed by atoms with Gasteiger partial charge in [0.05, 0.1) is 21.3 Å². The summed E-state index contributed by atoms with van der Waals surface area (Å²) in [6.45, 7) is 0. The Balaban J connectivity index is 1.43. The van der Waals surface area contributed by atoms with Crippen LogP contribution < -0.4 is 0 Å². The van der Waals surface area contributed by atoms with Crippen molar-refractivity contribution in [2.75, 3.05) is 0 Å². The molecule has 0 amide bonds. The fourth-order valence-corrected chi connectivity index (χ4v) is 6.82. The average Bonchev–Trinajstić information content (AvgIpc) is 3.66. The van der Waals surface area contributed by atoms with Crippen LogP contribution in [0.15, 0.2) is 106 Å². The van der Waals surface area contributed by atoms with E-state index in [1.54, 1.807) is 11.3 Å². The Hall–Kier alpha value is -4.61. The van der Waals surface area contributed by atoms with Gasteiger partial charge in [-0.15, -0.1) is 0 Å². The van der Waals surface area contributed by atoms with Crippen molar-refractivity contribution >= 4 is 87.2 Å². The van der Waals surface area contributed by atoms with E-state index < -0.39 is 0 Å². The van der Waals surface area contributed by atoms with E-state index in [2.05, 4.69) is 71.3 Å². The number of hydrogen-bond acceptors (Lipinski definition) is 4. The highest BCUT2D eigenvalue weighted by Crippen LogP contribution is 2.42. The highest BCUT2D eigenvalue weighted by molar-refractivity contribution is 7.22. The molecule has 0 aliphatic heterocycles. The molecule has 0 N–H and O–H groups in total. The van der Waals surface area contributed by atoms with Gasteiger partial charge < -0.3 is 8.83 Å². The van der Waals surface area contributed by atoms with Crippen LogP contribution in [0.2, 0.25) is 0 Å². The van der Waals surface area contributed by atoms with Gasteiger partial charge in [0, 0.05) is 32.3 Å². The summed E-state index contributed by atoms with van der Waals surface area (Å²) in [5.41, 5.74) is 6.86. The normalized spacial score (nSPS) is 12.4. The first-order valence-corrected chi connectivity index (χ1v) is 12.7. The van der Waals surface area contributed by atoms with Crippen LogP contribution in [0.5, 0.6) is 0 Å². The number of fused-ring (bicyclic) bond motifs is 11. The Bertz CT molecular complexity index is 2330. The minimum absolute atomic E-state index is 0.896. The molecule has 36 heavy (non-hydrogen) atoms. The molecule has 9 rings (SSSR count). The molecule has 0 aliphatic rings. The van der Waals surface area contributed by atoms with Gasteiger partial charge in [-0.05, 0) is 42.5 Å². The first kappa shape index (κ1) is 18.7. The number of aromatic nitrogens is 2. The molecule has 0 atom stereocenters. The van der Waals surface area contributed by atoms with Crippen molar-refractivity contribution in [2.24, 2.45) is 0 Å². The van der Waals surface area contributed by atoms with Crippen LogP contribution in [0.25, 0.3) is 81.0 Å². The molecule has 0 saturated carbocycles. The molecular formula is C31H16N2O2S. The predicted molar refractivity (Wildman–Crippen MR) is 149 cm³/mol. The topological polar surface area (TPSA) is 44.1 Å². The van der Waals surface area contributed by atoms with Crippen molar-refractivity contribution in [3.8, 4) is 5.13 Å². The zero-order valence-corrected chi connectivity index (χ0v) is 19.7. The highest BCUT2D eigenvalue weighted by atomic mass is 32.1. The molecule has 0 spiro atoms. The van der Waals surface area contributed by atoms with Crippen molar-refractivity contribution < 1.29 is 8.83 Å². The number of benzene rings is 5. The second-order valence-corrected chi connectivity index (χ2v) is 10.2. The van der Waals surface area contributed by atoms with Crippen molar-refractivity contribution in [2.45, 2.75) is 0 Å². The van der Waals surface area contributed by atoms with Gasteiger partial charge >= 0.3 is 0 Å². The molecule has 0 bridgehead atoms. The molecule has 0 fully saturated rings. The molecule has 0 aliphatic carbocycles. The minimum atomic E-state index is 0.896. The van der Waals surface area contributed by atoms with Crippen molar-refractivity contribution in [1.82, 2.24) is 9.55 Å². The fourth-order valence-electron chi connectivity index (χ4n) is 5.67. The van der Waals surface area contributed by atoms with Crippen LogP contribution in [-0.4, -0.2) is 9.55 Å². The first-order chi connectivity index (χ1) is 17.8. The third-order valence-electron chi connectivity index (χ3n) is 7.25. The monoisotopic (exact) mass is 480 g/mol. The quantitative estimate of drug-likeness (QED) is 0.235. The summed E-state index contributed by atoms with van der Waals surface area (Å²) in [6.07, 6.45) is 0. The number of rotatable bonds is 1. The van der Waals surface area contributed by atoms with Crippen molar-refractivity contribution in [1.29, 1.82) is 0 Å². The Labute approximate surface area is 207 Å². The molecule has 0 unspecified atom stereocenters. The summed E-state index contributed by atoms with van der Waals surface area (Å²) in [7, 11) is 0. The van der Waals surface area contributed by atoms with E-state index in [9.17, 15) is 0 Å². The van der Waals surface area contributed by atoms with Gasteiger partial charge in [-0.3, -0.25) is 4.57 Å². The van der Waals surface area contributed by atoms with Crippen molar-refractivity contribution in [3.63, 3.8) is 0 Å². The van der Waals surface area contributed by atoms with Crippen LogP contribution in [0.4, 0.5) is 0 Å². The summed E-state index contributed by atoms with van der Waals surface area (Å²) in [5.74, 6) is 0. The predicted octanol–water partition coefficient (Wildman–Crippen LogP) is 9.19. The SMILES string of the molecule is c1ccc2c(c1)oc1cc3c4ccccc4n(-c4nc5ccc6oc7ccccc7c6c5s4)c3cc12. The lowest BCUT2D eigenvalue weighted by atomic mass is 10.1. The lowest BCUT2D eigenvalue weighted by molar-refractivity contribution is 0.669. The third-order valence-corrected chi connectivity index (χ3v) is 8.32. The smallest absolute Gasteiger partial charge is 0.195 e. The first-order valence-electron chi connectivity index (χ1n) is 11.9. The molecule has 0 saturated heterocycles. The fraction of sp³-hybridized carbons (Fsp3) is 0. The Kier molecular flexibility index (Phi) is 3.39. The van der Waals surface area contributed by atoms with E-state index in [0.29, 0.717) is 0 Å². The highest BCUT2D eigenvalue weighted by Gasteiger charge is 2.20. The van der Waals surface area contributed by atoms with Gasteiger partial charge in [0.1, 0.15) is 22.3 Å². The van der Waals surface area contributed by atoms with E-state index in [1.807, 2.05) is 30.3 Å². The van der Waals surface area contributed by atoms with E-state index in [0.717, 1.165) is 75.6 Å². The average molecular weight is 481 g/mol. The van der Waals surface area contributed by atoms with Crippen LogP contribution in [0.1, 0.15) is 0 Å². The second kappa shape index (κ2) is 6.53. The number of para-hydroxylation sites is 3. The summed E-state index contributed by atoms with van der Waals surface area (Å²) < 4.78 is 15.8. The van der Waals surface area contributed by atoms with E-state index in [1.165, 1.54) is 5.39 Å². The van der Waals surface area contributed by atoms with Crippen molar-refractivity contribution in [3.05, 3.63) is 97.1 Å². The van der Waals surface area contributed by atoms with Gasteiger partial charge in [-0.1, -0.05) is 65.9 Å². The maximum Gasteiger partial charge on any atom is 0.195 e. The number of hydrogen-bond donors (Lipinski definition) is 0. The van der Waals surface area contributed by atoms with Crippen LogP contribution in [-0.2, 0) is 0 Å². The maximum absolute atomic E-state index is 6.22. The molecule has 4 aromatic heterocycles. The zero-order valence-electron chi connectivity index (χ0n) is 18.9. The van der Waals surface area contributed by atoms with E-state index in [4.69, 9.17) is 13.8 Å². The second-order valence-electron chi connectivity index (χ2n) is 9.20. The van der Waals surface area contributed by atoms with E-state index >= 15 is 0 Å². The maximum atomic E-state index is 6.22. The van der Waals surface area contributed by atoms with Gasteiger partial charge in [0.15, 0.2) is 5.13 Å². The number of furan rings is 2. The summed E-state index contributed by atoms with van der Waals surface area (Å²) in [6, 6.07) is 33.5. The Morgan fingerprint density at radius 1 is 0.556 bits per heavy atom. The summed E-state index contributed by atoms with van der Waals surface area (Å²) in [4.78, 5) is 5.14. The molecular weight excluding hydrogens is 464 g/mol.